The fourth-order valence-electron chi connectivity index (χ4n) is 1.43. The summed E-state index contributed by atoms with van der Waals surface area (Å²) in [6, 6.07) is -0.0428. The minimum Gasteiger partial charge on any atom is -0.273 e. The Bertz CT molecular complexity index is 211. The summed E-state index contributed by atoms with van der Waals surface area (Å²) >= 11 is 0. The maximum absolute atomic E-state index is 10.3. The molecule has 1 aliphatic rings. The Morgan fingerprint density at radius 3 is 2.08 bits per heavy atom. The van der Waals surface area contributed by atoms with Crippen LogP contribution >= 0.6 is 0 Å². The van der Waals surface area contributed by atoms with Gasteiger partial charge in [-0.2, -0.15) is 13.1 Å². The predicted octanol–water partition coefficient (Wildman–Crippen LogP) is 0.331. The topological polar surface area (TPSA) is 66.4 Å². The first-order valence-corrected chi connectivity index (χ1v) is 5.27. The number of hydrogen-bond acceptors (Lipinski definition) is 2. The molecule has 1 rings (SSSR count). The van der Waals surface area contributed by atoms with Gasteiger partial charge in [0.2, 0.25) is 0 Å². The van der Waals surface area contributed by atoms with Crippen molar-refractivity contribution < 1.29 is 13.0 Å². The van der Waals surface area contributed by atoms with E-state index in [1.807, 2.05) is 0 Å². The molecule has 12 heavy (non-hydrogen) atoms. The van der Waals surface area contributed by atoms with E-state index < -0.39 is 10.3 Å². The van der Waals surface area contributed by atoms with Crippen LogP contribution in [-0.2, 0) is 10.3 Å². The van der Waals surface area contributed by atoms with Crippen LogP contribution in [-0.4, -0.2) is 67.9 Å². The Hall–Kier alpha value is 1.44. The van der Waals surface area contributed by atoms with Crippen molar-refractivity contribution in [3.05, 3.63) is 0 Å². The molecule has 66 valence electrons. The first-order chi connectivity index (χ1) is 5.08. The van der Waals surface area contributed by atoms with Crippen LogP contribution in [0.5, 0.6) is 0 Å². The van der Waals surface area contributed by atoms with Crippen LogP contribution in [0.15, 0.2) is 0 Å². The summed E-state index contributed by atoms with van der Waals surface area (Å²) in [6.45, 7) is 0. The van der Waals surface area contributed by atoms with E-state index in [4.69, 9.17) is 4.55 Å². The summed E-state index contributed by atoms with van der Waals surface area (Å²) in [5.74, 6) is 0. The van der Waals surface area contributed by atoms with Gasteiger partial charge in [0, 0.05) is 6.04 Å². The average molecular weight is 317 g/mol. The van der Waals surface area contributed by atoms with Gasteiger partial charge < -0.3 is 0 Å². The standard InChI is InChI=1S/C6H13NO3S.Ba/c8-11(9,10)7-6-4-2-1-3-5-6;/h6-7H,1-5H2,(H,8,9,10);/q;+2. The van der Waals surface area contributed by atoms with Crippen molar-refractivity contribution in [2.45, 2.75) is 38.1 Å². The van der Waals surface area contributed by atoms with Crippen LogP contribution < -0.4 is 4.72 Å². The van der Waals surface area contributed by atoms with E-state index in [-0.39, 0.29) is 54.9 Å². The zero-order valence-corrected chi connectivity index (χ0v) is 12.2. The zero-order chi connectivity index (χ0) is 8.32. The van der Waals surface area contributed by atoms with Crippen LogP contribution in [0, 0.1) is 0 Å². The number of rotatable bonds is 2. The molecular weight excluding hydrogens is 303 g/mol. The first kappa shape index (κ1) is 13.4. The van der Waals surface area contributed by atoms with Gasteiger partial charge >= 0.3 is 59.2 Å². The SMILES string of the molecule is O=S(=O)(O)NC1CCCCC1.[Ba+2]. The molecule has 0 saturated heterocycles. The summed E-state index contributed by atoms with van der Waals surface area (Å²) in [5.41, 5.74) is 0. The maximum atomic E-state index is 10.3. The van der Waals surface area contributed by atoms with Crippen molar-refractivity contribution in [1.82, 2.24) is 4.72 Å². The molecule has 2 N–H and O–H groups in total. The molecule has 0 aromatic heterocycles. The number of nitrogens with one attached hydrogen (secondary N) is 1. The van der Waals surface area contributed by atoms with Gasteiger partial charge in [0.15, 0.2) is 0 Å². The summed E-state index contributed by atoms with van der Waals surface area (Å²) in [5, 5.41) is 0. The third-order valence-electron chi connectivity index (χ3n) is 1.92. The molecule has 0 heterocycles. The minimum absolute atomic E-state index is 0. The fraction of sp³-hybridized carbons (Fsp3) is 1.00. The van der Waals surface area contributed by atoms with E-state index >= 15 is 0 Å². The Balaban J connectivity index is 0.00000121. The van der Waals surface area contributed by atoms with Crippen molar-refractivity contribution in [3.63, 3.8) is 0 Å². The van der Waals surface area contributed by atoms with E-state index in [1.54, 1.807) is 0 Å². The Labute approximate surface area is 113 Å². The molecule has 0 spiro atoms. The largest absolute Gasteiger partial charge is 2.00 e. The molecule has 0 bridgehead atoms. The van der Waals surface area contributed by atoms with Crippen molar-refractivity contribution in [2.24, 2.45) is 0 Å². The quantitative estimate of drug-likeness (QED) is 0.570. The Kier molecular flexibility index (Phi) is 6.75. The molecule has 0 atom stereocenters. The summed E-state index contributed by atoms with van der Waals surface area (Å²) in [6.07, 6.45) is 4.96. The zero-order valence-electron chi connectivity index (χ0n) is 6.99. The van der Waals surface area contributed by atoms with Crippen LogP contribution in [0.1, 0.15) is 32.1 Å². The van der Waals surface area contributed by atoms with Crippen molar-refractivity contribution in [2.75, 3.05) is 0 Å². The van der Waals surface area contributed by atoms with E-state index in [1.165, 1.54) is 6.42 Å². The van der Waals surface area contributed by atoms with Crippen molar-refractivity contribution in [3.8, 4) is 0 Å². The van der Waals surface area contributed by atoms with Gasteiger partial charge in [0.25, 0.3) is 0 Å². The summed E-state index contributed by atoms with van der Waals surface area (Å²) in [7, 11) is -3.97. The van der Waals surface area contributed by atoms with Crippen LogP contribution in [0.2, 0.25) is 0 Å². The second-order valence-electron chi connectivity index (χ2n) is 2.93. The maximum Gasteiger partial charge on any atom is 2.00 e. The van der Waals surface area contributed by atoms with Crippen LogP contribution in [0.25, 0.3) is 0 Å². The van der Waals surface area contributed by atoms with E-state index in [2.05, 4.69) is 4.72 Å². The molecule has 6 heteroatoms. The predicted molar refractivity (Wildman–Crippen MR) is 47.3 cm³/mol. The minimum atomic E-state index is -3.97. The van der Waals surface area contributed by atoms with Gasteiger partial charge in [-0.15, -0.1) is 0 Å². The van der Waals surface area contributed by atoms with Gasteiger partial charge in [0.1, 0.15) is 0 Å². The van der Waals surface area contributed by atoms with Gasteiger partial charge in [-0.3, -0.25) is 4.55 Å². The third-order valence-corrected chi connectivity index (χ3v) is 2.55. The van der Waals surface area contributed by atoms with E-state index in [9.17, 15) is 8.42 Å². The van der Waals surface area contributed by atoms with Gasteiger partial charge in [0.05, 0.1) is 0 Å². The second-order valence-corrected chi connectivity index (χ2v) is 4.11. The van der Waals surface area contributed by atoms with Gasteiger partial charge in [-0.05, 0) is 12.8 Å². The number of hydrogen-bond donors (Lipinski definition) is 2. The molecule has 0 aromatic carbocycles. The summed E-state index contributed by atoms with van der Waals surface area (Å²) < 4.78 is 31.3. The monoisotopic (exact) mass is 317 g/mol. The van der Waals surface area contributed by atoms with E-state index in [0.29, 0.717) is 0 Å². The molecule has 0 radical (unpaired) electrons. The Morgan fingerprint density at radius 2 is 1.67 bits per heavy atom. The summed E-state index contributed by atoms with van der Waals surface area (Å²) in [4.78, 5) is 0. The first-order valence-electron chi connectivity index (χ1n) is 3.83. The van der Waals surface area contributed by atoms with E-state index in [0.717, 1.165) is 25.7 Å². The molecule has 0 aliphatic heterocycles. The average Bonchev–Trinajstić information content (AvgIpc) is 1.85. The molecule has 1 saturated carbocycles. The van der Waals surface area contributed by atoms with Crippen molar-refractivity contribution >= 4 is 59.2 Å². The molecule has 4 nitrogen and oxygen atoms in total. The second kappa shape index (κ2) is 6.02. The van der Waals surface area contributed by atoms with Crippen LogP contribution in [0.3, 0.4) is 0 Å². The molecule has 0 amide bonds. The molecular formula is C6H13BaNO3S+2. The molecule has 0 aromatic rings. The molecule has 1 aliphatic carbocycles. The smallest absolute Gasteiger partial charge is 0.273 e. The van der Waals surface area contributed by atoms with Crippen molar-refractivity contribution in [1.29, 1.82) is 0 Å². The molecule has 0 unspecified atom stereocenters. The Morgan fingerprint density at radius 1 is 1.17 bits per heavy atom. The fourth-order valence-corrected chi connectivity index (χ4v) is 2.09. The molecule has 1 fully saturated rings. The van der Waals surface area contributed by atoms with Crippen LogP contribution in [0.4, 0.5) is 0 Å². The third kappa shape index (κ3) is 5.98. The normalized spacial score (nSPS) is 20.1. The van der Waals surface area contributed by atoms with Gasteiger partial charge in [-0.25, -0.2) is 0 Å². The van der Waals surface area contributed by atoms with Gasteiger partial charge in [-0.1, -0.05) is 19.3 Å².